The van der Waals surface area contributed by atoms with Crippen molar-refractivity contribution < 1.29 is 27.1 Å². The van der Waals surface area contributed by atoms with Crippen LogP contribution in [0.1, 0.15) is 33.1 Å². The quantitative estimate of drug-likeness (QED) is 0.398. The Hall–Kier alpha value is -0.810. The maximum Gasteiger partial charge on any atom is 0.310 e. The molecular weight excluding hydrogens is 216 g/mol. The third kappa shape index (κ3) is 4.99. The molecule has 0 N–H and O–H groups in total. The van der Waals surface area contributed by atoms with E-state index in [1.807, 2.05) is 0 Å². The topological polar surface area (TPSA) is 26.3 Å². The first-order chi connectivity index (χ1) is 6.70. The monoisotopic (exact) mass is 230 g/mol. The van der Waals surface area contributed by atoms with Crippen LogP contribution in [0.25, 0.3) is 0 Å². The van der Waals surface area contributed by atoms with Crippen molar-refractivity contribution in [2.45, 2.75) is 45.0 Å². The van der Waals surface area contributed by atoms with Crippen LogP contribution in [0.2, 0.25) is 0 Å². The van der Waals surface area contributed by atoms with Gasteiger partial charge in [0.1, 0.15) is 0 Å². The van der Waals surface area contributed by atoms with Crippen LogP contribution in [-0.2, 0) is 9.53 Å². The minimum atomic E-state index is -4.05. The third-order valence-corrected chi connectivity index (χ3v) is 1.83. The summed E-state index contributed by atoms with van der Waals surface area (Å²) in [4.78, 5) is 10.6. The van der Waals surface area contributed by atoms with E-state index in [1.54, 1.807) is 6.92 Å². The van der Waals surface area contributed by atoms with Gasteiger partial charge in [0.25, 0.3) is 0 Å². The SMILES string of the molecule is CCC(=O)OCCCC(F)(F)C(C)(F)F. The Morgan fingerprint density at radius 2 is 1.80 bits per heavy atom. The van der Waals surface area contributed by atoms with E-state index in [2.05, 4.69) is 4.74 Å². The van der Waals surface area contributed by atoms with Crippen LogP contribution in [0.15, 0.2) is 0 Å². The number of hydrogen-bond acceptors (Lipinski definition) is 2. The fourth-order valence-electron chi connectivity index (χ4n) is 0.802. The van der Waals surface area contributed by atoms with Gasteiger partial charge in [-0.25, -0.2) is 8.78 Å². The molecule has 0 saturated carbocycles. The molecule has 0 atom stereocenters. The molecule has 0 aromatic heterocycles. The molecular formula is C9H14F4O2. The van der Waals surface area contributed by atoms with Crippen molar-refractivity contribution in [3.63, 3.8) is 0 Å². The predicted molar refractivity (Wildman–Crippen MR) is 46.1 cm³/mol. The first kappa shape index (κ1) is 14.2. The molecule has 2 nitrogen and oxygen atoms in total. The number of hydrogen-bond donors (Lipinski definition) is 0. The van der Waals surface area contributed by atoms with Crippen molar-refractivity contribution in [1.82, 2.24) is 0 Å². The minimum Gasteiger partial charge on any atom is -0.466 e. The molecule has 0 aromatic rings. The molecule has 0 bridgehead atoms. The second-order valence-electron chi connectivity index (χ2n) is 3.27. The van der Waals surface area contributed by atoms with Gasteiger partial charge in [-0.1, -0.05) is 6.92 Å². The Kier molecular flexibility index (Phi) is 5.03. The maximum atomic E-state index is 12.6. The van der Waals surface area contributed by atoms with Gasteiger partial charge >= 0.3 is 17.8 Å². The first-order valence-corrected chi connectivity index (χ1v) is 4.62. The lowest BCUT2D eigenvalue weighted by Crippen LogP contribution is -2.37. The van der Waals surface area contributed by atoms with Gasteiger partial charge in [0.15, 0.2) is 0 Å². The summed E-state index contributed by atoms with van der Waals surface area (Å²) < 4.78 is 54.4. The van der Waals surface area contributed by atoms with E-state index < -0.39 is 24.2 Å². The van der Waals surface area contributed by atoms with E-state index in [-0.39, 0.29) is 26.4 Å². The zero-order chi connectivity index (χ0) is 12.1. The molecule has 0 unspecified atom stereocenters. The highest BCUT2D eigenvalue weighted by atomic mass is 19.3. The number of alkyl halides is 4. The lowest BCUT2D eigenvalue weighted by Gasteiger charge is -2.22. The molecule has 0 aromatic carbocycles. The zero-order valence-electron chi connectivity index (χ0n) is 8.66. The Morgan fingerprint density at radius 1 is 1.27 bits per heavy atom. The van der Waals surface area contributed by atoms with Crippen molar-refractivity contribution in [3.8, 4) is 0 Å². The number of carbonyl (C=O) groups excluding carboxylic acids is 1. The van der Waals surface area contributed by atoms with Crippen LogP contribution in [0, 0.1) is 0 Å². The minimum absolute atomic E-state index is 0.139. The summed E-state index contributed by atoms with van der Waals surface area (Å²) in [5.41, 5.74) is 0. The van der Waals surface area contributed by atoms with E-state index in [4.69, 9.17) is 0 Å². The molecule has 0 fully saturated rings. The lowest BCUT2D eigenvalue weighted by atomic mass is 10.1. The number of rotatable bonds is 6. The number of carbonyl (C=O) groups is 1. The Bertz CT molecular complexity index is 211. The highest BCUT2D eigenvalue weighted by Gasteiger charge is 2.51. The van der Waals surface area contributed by atoms with Gasteiger partial charge in [0, 0.05) is 19.8 Å². The Labute approximate surface area is 85.6 Å². The summed E-state index contributed by atoms with van der Waals surface area (Å²) >= 11 is 0. The van der Waals surface area contributed by atoms with Gasteiger partial charge in [-0.2, -0.15) is 8.78 Å². The summed E-state index contributed by atoms with van der Waals surface area (Å²) in [5, 5.41) is 0. The third-order valence-electron chi connectivity index (χ3n) is 1.83. The summed E-state index contributed by atoms with van der Waals surface area (Å²) in [6.07, 6.45) is -1.13. The van der Waals surface area contributed by atoms with Gasteiger partial charge in [0.05, 0.1) is 6.61 Å². The van der Waals surface area contributed by atoms with Crippen molar-refractivity contribution >= 4 is 5.97 Å². The van der Waals surface area contributed by atoms with Crippen LogP contribution < -0.4 is 0 Å². The van der Waals surface area contributed by atoms with Gasteiger partial charge in [-0.05, 0) is 6.42 Å². The standard InChI is InChI=1S/C9H14F4O2/c1-3-7(14)15-6-4-5-9(12,13)8(2,10)11/h3-6H2,1-2H3. The maximum absolute atomic E-state index is 12.6. The normalized spacial score (nSPS) is 12.7. The average molecular weight is 230 g/mol. The van der Waals surface area contributed by atoms with Crippen molar-refractivity contribution in [1.29, 1.82) is 0 Å². The number of esters is 1. The number of halogens is 4. The molecule has 0 aliphatic heterocycles. The van der Waals surface area contributed by atoms with Crippen LogP contribution in [-0.4, -0.2) is 24.4 Å². The fraction of sp³-hybridized carbons (Fsp3) is 0.889. The smallest absolute Gasteiger partial charge is 0.310 e. The van der Waals surface area contributed by atoms with E-state index in [0.717, 1.165) is 0 Å². The molecule has 90 valence electrons. The second-order valence-corrected chi connectivity index (χ2v) is 3.27. The van der Waals surface area contributed by atoms with E-state index in [1.165, 1.54) is 0 Å². The first-order valence-electron chi connectivity index (χ1n) is 4.62. The van der Waals surface area contributed by atoms with Crippen LogP contribution in [0.4, 0.5) is 17.6 Å². The average Bonchev–Trinajstić information content (AvgIpc) is 2.10. The Morgan fingerprint density at radius 3 is 2.20 bits per heavy atom. The summed E-state index contributed by atoms with van der Waals surface area (Å²) in [6.45, 7) is 1.47. The molecule has 0 saturated heterocycles. The molecule has 0 aliphatic carbocycles. The fourth-order valence-corrected chi connectivity index (χ4v) is 0.802. The van der Waals surface area contributed by atoms with Gasteiger partial charge in [-0.15, -0.1) is 0 Å². The summed E-state index contributed by atoms with van der Waals surface area (Å²) in [7, 11) is 0. The molecule has 0 radical (unpaired) electrons. The molecule has 0 amide bonds. The lowest BCUT2D eigenvalue weighted by molar-refractivity contribution is -0.202. The summed E-state index contributed by atoms with van der Waals surface area (Å²) in [5.74, 6) is -8.62. The number of ether oxygens (including phenoxy) is 1. The van der Waals surface area contributed by atoms with Gasteiger partial charge in [-0.3, -0.25) is 4.79 Å². The molecule has 0 spiro atoms. The highest BCUT2D eigenvalue weighted by molar-refractivity contribution is 5.68. The Balaban J connectivity index is 3.82. The second kappa shape index (κ2) is 5.32. The molecule has 15 heavy (non-hydrogen) atoms. The van der Waals surface area contributed by atoms with Crippen LogP contribution in [0.5, 0.6) is 0 Å². The molecule has 0 aliphatic rings. The predicted octanol–water partition coefficient (Wildman–Crippen LogP) is 3.01. The van der Waals surface area contributed by atoms with Crippen molar-refractivity contribution in [2.75, 3.05) is 6.61 Å². The van der Waals surface area contributed by atoms with E-state index in [9.17, 15) is 22.4 Å². The van der Waals surface area contributed by atoms with E-state index in [0.29, 0.717) is 0 Å². The van der Waals surface area contributed by atoms with Crippen molar-refractivity contribution in [2.24, 2.45) is 0 Å². The summed E-state index contributed by atoms with van der Waals surface area (Å²) in [6, 6.07) is 0. The van der Waals surface area contributed by atoms with Crippen LogP contribution in [0.3, 0.4) is 0 Å². The van der Waals surface area contributed by atoms with Gasteiger partial charge < -0.3 is 4.74 Å². The molecule has 0 heterocycles. The van der Waals surface area contributed by atoms with Crippen molar-refractivity contribution in [3.05, 3.63) is 0 Å². The largest absolute Gasteiger partial charge is 0.466 e. The molecule has 0 rings (SSSR count). The highest BCUT2D eigenvalue weighted by Crippen LogP contribution is 2.37. The van der Waals surface area contributed by atoms with E-state index >= 15 is 0 Å². The van der Waals surface area contributed by atoms with Crippen LogP contribution >= 0.6 is 0 Å². The zero-order valence-corrected chi connectivity index (χ0v) is 8.66. The molecule has 6 heteroatoms. The van der Waals surface area contributed by atoms with Gasteiger partial charge in [0.2, 0.25) is 0 Å².